The maximum Gasteiger partial charge on any atom is 0.407 e. The van der Waals surface area contributed by atoms with Crippen LogP contribution in [0.15, 0.2) is 24.3 Å². The van der Waals surface area contributed by atoms with E-state index in [1.165, 1.54) is 0 Å². The Labute approximate surface area is 139 Å². The van der Waals surface area contributed by atoms with E-state index in [9.17, 15) is 4.79 Å². The Morgan fingerprint density at radius 2 is 1.83 bits per heavy atom. The van der Waals surface area contributed by atoms with E-state index in [1.54, 1.807) is 0 Å². The standard InChI is InChI=1S/C18H30N2O3/c1-13(2)22-16-10-8-7-9-15(16)12-19-11-14(3)20-17(21)23-18(4,5)6/h7-10,13-14,19H,11-12H2,1-6H3,(H,20,21). The van der Waals surface area contributed by atoms with Gasteiger partial charge in [-0.15, -0.1) is 0 Å². The van der Waals surface area contributed by atoms with E-state index in [-0.39, 0.29) is 12.1 Å². The molecular formula is C18H30N2O3. The summed E-state index contributed by atoms with van der Waals surface area (Å²) in [6, 6.07) is 7.94. The highest BCUT2D eigenvalue weighted by atomic mass is 16.6. The Morgan fingerprint density at radius 3 is 2.43 bits per heavy atom. The number of ether oxygens (including phenoxy) is 2. The number of para-hydroxylation sites is 1. The van der Waals surface area contributed by atoms with Gasteiger partial charge in [0.05, 0.1) is 6.10 Å². The first-order valence-electron chi connectivity index (χ1n) is 8.12. The number of nitrogens with one attached hydrogen (secondary N) is 2. The third-order valence-electron chi connectivity index (χ3n) is 2.86. The Balaban J connectivity index is 2.40. The molecule has 5 nitrogen and oxygen atoms in total. The summed E-state index contributed by atoms with van der Waals surface area (Å²) in [6.45, 7) is 12.8. The molecule has 0 saturated heterocycles. The number of amides is 1. The monoisotopic (exact) mass is 322 g/mol. The number of alkyl carbamates (subject to hydrolysis) is 1. The summed E-state index contributed by atoms with van der Waals surface area (Å²) in [7, 11) is 0. The number of hydrogen-bond acceptors (Lipinski definition) is 4. The molecule has 5 heteroatoms. The van der Waals surface area contributed by atoms with Crippen LogP contribution in [-0.2, 0) is 11.3 Å². The molecule has 1 aromatic rings. The fraction of sp³-hybridized carbons (Fsp3) is 0.611. The molecular weight excluding hydrogens is 292 g/mol. The number of carbonyl (C=O) groups excluding carboxylic acids is 1. The first-order valence-corrected chi connectivity index (χ1v) is 8.12. The predicted octanol–water partition coefficient (Wildman–Crippen LogP) is 3.48. The summed E-state index contributed by atoms with van der Waals surface area (Å²) in [6.07, 6.45) is -0.251. The third kappa shape index (κ3) is 8.45. The lowest BCUT2D eigenvalue weighted by Gasteiger charge is -2.22. The van der Waals surface area contributed by atoms with Gasteiger partial charge in [-0.2, -0.15) is 0 Å². The van der Waals surface area contributed by atoms with Crippen molar-refractivity contribution in [1.29, 1.82) is 0 Å². The molecule has 130 valence electrons. The zero-order chi connectivity index (χ0) is 17.5. The lowest BCUT2D eigenvalue weighted by molar-refractivity contribution is 0.0508. The van der Waals surface area contributed by atoms with Gasteiger partial charge >= 0.3 is 6.09 Å². The molecule has 0 heterocycles. The Bertz CT molecular complexity index is 495. The molecule has 2 N–H and O–H groups in total. The maximum absolute atomic E-state index is 11.7. The fourth-order valence-electron chi connectivity index (χ4n) is 2.00. The molecule has 1 rings (SSSR count). The van der Waals surface area contributed by atoms with E-state index in [2.05, 4.69) is 10.6 Å². The van der Waals surface area contributed by atoms with Crippen LogP contribution in [-0.4, -0.2) is 30.4 Å². The van der Waals surface area contributed by atoms with Gasteiger partial charge in [-0.3, -0.25) is 0 Å². The molecule has 0 aliphatic carbocycles. The van der Waals surface area contributed by atoms with E-state index in [1.807, 2.05) is 65.8 Å². The first-order chi connectivity index (χ1) is 10.7. The zero-order valence-electron chi connectivity index (χ0n) is 15.1. The second kappa shape index (κ2) is 8.77. The van der Waals surface area contributed by atoms with Crippen LogP contribution in [0, 0.1) is 0 Å². The smallest absolute Gasteiger partial charge is 0.407 e. The Kier molecular flexibility index (Phi) is 7.36. The minimum Gasteiger partial charge on any atom is -0.491 e. The van der Waals surface area contributed by atoms with Crippen LogP contribution in [0.4, 0.5) is 4.79 Å². The Morgan fingerprint density at radius 1 is 1.17 bits per heavy atom. The summed E-state index contributed by atoms with van der Waals surface area (Å²) in [5.41, 5.74) is 0.621. The van der Waals surface area contributed by atoms with Crippen LogP contribution in [0.5, 0.6) is 5.75 Å². The van der Waals surface area contributed by atoms with E-state index in [0.717, 1.165) is 11.3 Å². The normalized spacial score (nSPS) is 12.8. The minimum atomic E-state index is -0.482. The van der Waals surface area contributed by atoms with Crippen molar-refractivity contribution < 1.29 is 14.3 Å². The average molecular weight is 322 g/mol. The van der Waals surface area contributed by atoms with Gasteiger partial charge in [0, 0.05) is 24.7 Å². The quantitative estimate of drug-likeness (QED) is 0.807. The average Bonchev–Trinajstić information content (AvgIpc) is 2.37. The molecule has 0 aliphatic rings. The van der Waals surface area contributed by atoms with Crippen LogP contribution >= 0.6 is 0 Å². The van der Waals surface area contributed by atoms with Crippen molar-refractivity contribution in [3.05, 3.63) is 29.8 Å². The lowest BCUT2D eigenvalue weighted by atomic mass is 10.2. The van der Waals surface area contributed by atoms with Gasteiger partial charge in [-0.05, 0) is 47.6 Å². The predicted molar refractivity (Wildman–Crippen MR) is 92.7 cm³/mol. The topological polar surface area (TPSA) is 59.6 Å². The van der Waals surface area contributed by atoms with Crippen LogP contribution in [0.2, 0.25) is 0 Å². The van der Waals surface area contributed by atoms with E-state index in [0.29, 0.717) is 13.1 Å². The van der Waals surface area contributed by atoms with Crippen molar-refractivity contribution in [2.24, 2.45) is 0 Å². The Hall–Kier alpha value is -1.75. The fourth-order valence-corrected chi connectivity index (χ4v) is 2.00. The van der Waals surface area contributed by atoms with Crippen molar-refractivity contribution in [1.82, 2.24) is 10.6 Å². The van der Waals surface area contributed by atoms with Gasteiger partial charge < -0.3 is 20.1 Å². The van der Waals surface area contributed by atoms with Crippen molar-refractivity contribution in [2.75, 3.05) is 6.54 Å². The molecule has 0 aromatic heterocycles. The van der Waals surface area contributed by atoms with Crippen molar-refractivity contribution in [2.45, 2.75) is 65.8 Å². The second-order valence-corrected chi connectivity index (χ2v) is 6.95. The number of hydrogen-bond donors (Lipinski definition) is 2. The van der Waals surface area contributed by atoms with Crippen LogP contribution in [0.25, 0.3) is 0 Å². The van der Waals surface area contributed by atoms with E-state index in [4.69, 9.17) is 9.47 Å². The molecule has 1 atom stereocenters. The third-order valence-corrected chi connectivity index (χ3v) is 2.86. The highest BCUT2D eigenvalue weighted by Gasteiger charge is 2.17. The van der Waals surface area contributed by atoms with Crippen LogP contribution in [0.3, 0.4) is 0 Å². The maximum atomic E-state index is 11.7. The van der Waals surface area contributed by atoms with Gasteiger partial charge in [0.1, 0.15) is 11.4 Å². The molecule has 0 saturated carbocycles. The summed E-state index contributed by atoms with van der Waals surface area (Å²) < 4.78 is 11.0. The highest BCUT2D eigenvalue weighted by Crippen LogP contribution is 2.19. The van der Waals surface area contributed by atoms with Crippen LogP contribution < -0.4 is 15.4 Å². The van der Waals surface area contributed by atoms with Crippen molar-refractivity contribution in [3.63, 3.8) is 0 Å². The molecule has 0 fully saturated rings. The van der Waals surface area contributed by atoms with Gasteiger partial charge in [-0.1, -0.05) is 18.2 Å². The SMILES string of the molecule is CC(CNCc1ccccc1OC(C)C)NC(=O)OC(C)(C)C. The summed E-state index contributed by atoms with van der Waals surface area (Å²) in [5, 5.41) is 6.15. The van der Waals surface area contributed by atoms with Crippen LogP contribution in [0.1, 0.15) is 47.1 Å². The summed E-state index contributed by atoms with van der Waals surface area (Å²) >= 11 is 0. The number of rotatable bonds is 7. The molecule has 0 spiro atoms. The lowest BCUT2D eigenvalue weighted by Crippen LogP contribution is -2.42. The molecule has 1 aromatic carbocycles. The number of carbonyl (C=O) groups is 1. The molecule has 1 unspecified atom stereocenters. The van der Waals surface area contributed by atoms with Gasteiger partial charge in [-0.25, -0.2) is 4.79 Å². The van der Waals surface area contributed by atoms with E-state index >= 15 is 0 Å². The second-order valence-electron chi connectivity index (χ2n) is 6.95. The zero-order valence-corrected chi connectivity index (χ0v) is 15.1. The molecule has 0 bridgehead atoms. The molecule has 1 amide bonds. The first kappa shape index (κ1) is 19.3. The van der Waals surface area contributed by atoms with E-state index < -0.39 is 11.7 Å². The molecule has 0 radical (unpaired) electrons. The largest absolute Gasteiger partial charge is 0.491 e. The summed E-state index contributed by atoms with van der Waals surface area (Å²) in [5.74, 6) is 0.891. The van der Waals surface area contributed by atoms with Gasteiger partial charge in [0.15, 0.2) is 0 Å². The van der Waals surface area contributed by atoms with Gasteiger partial charge in [0.25, 0.3) is 0 Å². The molecule has 0 aliphatic heterocycles. The summed E-state index contributed by atoms with van der Waals surface area (Å²) in [4.78, 5) is 11.7. The molecule has 23 heavy (non-hydrogen) atoms. The van der Waals surface area contributed by atoms with Crippen molar-refractivity contribution in [3.8, 4) is 5.75 Å². The number of benzene rings is 1. The van der Waals surface area contributed by atoms with Crippen molar-refractivity contribution >= 4 is 6.09 Å². The van der Waals surface area contributed by atoms with Gasteiger partial charge in [0.2, 0.25) is 0 Å². The minimum absolute atomic E-state index is 0.0250. The highest BCUT2D eigenvalue weighted by molar-refractivity contribution is 5.68.